The van der Waals surface area contributed by atoms with Crippen molar-refractivity contribution in [2.75, 3.05) is 39.3 Å². The van der Waals surface area contributed by atoms with E-state index < -0.39 is 0 Å². The zero-order chi connectivity index (χ0) is 20.2. The largest absolute Gasteiger partial charge is 2.00 e. The van der Waals surface area contributed by atoms with Crippen LogP contribution in [0, 0.1) is 59.2 Å². The molecular formula is C11H27FeN11. The Labute approximate surface area is 150 Å². The van der Waals surface area contributed by atoms with Crippen molar-refractivity contribution in [1.82, 2.24) is 0 Å². The molecular weight excluding hydrogens is 342 g/mol. The third-order valence-corrected chi connectivity index (χ3v) is 0.612. The Kier molecular flexibility index (Phi) is 1270. The normalized spacial score (nSPS) is 4.35. The summed E-state index contributed by atoms with van der Waals surface area (Å²) < 4.78 is 0. The van der Waals surface area contributed by atoms with Crippen molar-refractivity contribution in [2.24, 2.45) is 17.2 Å². The zero-order valence-corrected chi connectivity index (χ0v) is 14.3. The topological polar surface area (TPSA) is 280 Å². The molecule has 0 aliphatic carbocycles. The quantitative estimate of drug-likeness (QED) is 0.206. The van der Waals surface area contributed by atoms with Crippen LogP contribution >= 0.6 is 0 Å². The summed E-state index contributed by atoms with van der Waals surface area (Å²) in [7, 11) is 0. The first-order chi connectivity index (χ1) is 10.7. The van der Waals surface area contributed by atoms with Gasteiger partial charge in [-0.3, -0.25) is 0 Å². The van der Waals surface area contributed by atoms with Gasteiger partial charge in [-0.05, 0) is 0 Å². The summed E-state index contributed by atoms with van der Waals surface area (Å²) in [6.07, 6.45) is 0. The van der Waals surface area contributed by atoms with Gasteiger partial charge in [0.2, 0.25) is 0 Å². The molecule has 134 valence electrons. The monoisotopic (exact) mass is 369 g/mol. The van der Waals surface area contributed by atoms with E-state index in [0.29, 0.717) is 19.6 Å². The number of hydrogen-bond donors (Lipinski definition) is 6. The van der Waals surface area contributed by atoms with Gasteiger partial charge in [0.05, 0.1) is 19.6 Å². The minimum atomic E-state index is 0. The van der Waals surface area contributed by atoms with Gasteiger partial charge in [0, 0.05) is 19.6 Å². The second kappa shape index (κ2) is 498. The molecule has 0 atom stereocenters. The summed E-state index contributed by atoms with van der Waals surface area (Å²) in [5, 5.41) is 31.2. The number of quaternary nitrogens is 3. The molecule has 0 rings (SSSR count). The Bertz CT molecular complexity index is 138. The molecule has 0 saturated carbocycles. The van der Waals surface area contributed by atoms with Crippen molar-refractivity contribution in [3.05, 3.63) is 32.9 Å². The van der Waals surface area contributed by atoms with Gasteiger partial charge in [-0.1, -0.05) is 0 Å². The van der Waals surface area contributed by atoms with Crippen molar-refractivity contribution < 1.29 is 34.3 Å². The van der Waals surface area contributed by atoms with Crippen LogP contribution in [0.25, 0.3) is 0 Å². The van der Waals surface area contributed by atoms with Crippen LogP contribution in [0.5, 0.6) is 0 Å². The van der Waals surface area contributed by atoms with E-state index in [1.54, 1.807) is 0 Å². The average Bonchev–Trinajstić information content (AvgIpc) is 2.69. The van der Waals surface area contributed by atoms with Gasteiger partial charge in [0.15, 0.2) is 0 Å². The van der Waals surface area contributed by atoms with Crippen molar-refractivity contribution in [3.8, 4) is 0 Å². The van der Waals surface area contributed by atoms with Crippen molar-refractivity contribution in [3.63, 3.8) is 0 Å². The molecule has 0 aromatic rings. The molecule has 0 spiro atoms. The van der Waals surface area contributed by atoms with Crippen molar-refractivity contribution >= 4 is 0 Å². The SMILES string of the molecule is NCC[NH3+].NCC[NH3+].NCC[NH3+].[C-]#N.[C-]#N.[C-]#N.[C-]#N.[C-]#N.[Fe+2]. The van der Waals surface area contributed by atoms with Crippen LogP contribution in [0.15, 0.2) is 0 Å². The van der Waals surface area contributed by atoms with Crippen LogP contribution in [0.4, 0.5) is 0 Å². The fourth-order valence-electron chi connectivity index (χ4n) is 0. The molecule has 15 N–H and O–H groups in total. The van der Waals surface area contributed by atoms with Gasteiger partial charge in [-0.15, -0.1) is 0 Å². The van der Waals surface area contributed by atoms with Gasteiger partial charge < -0.3 is 93.6 Å². The van der Waals surface area contributed by atoms with E-state index in [4.69, 9.17) is 76.4 Å². The Hall–Kier alpha value is -2.27. The maximum atomic E-state index is 6.25. The fraction of sp³-hybridized carbons (Fsp3) is 0.545. The standard InChI is InChI=1S/3C2H8N2.5CN.Fe/c3*3-1-2-4;5*1-2;/h3*1-4H2;;;;;;/q;;;5*-1;+2/p+3. The average molecular weight is 369 g/mol. The van der Waals surface area contributed by atoms with E-state index in [1.165, 1.54) is 0 Å². The van der Waals surface area contributed by atoms with Crippen LogP contribution in [0.3, 0.4) is 0 Å². The number of hydrogen-bond acceptors (Lipinski definition) is 8. The number of nitrogens with two attached hydrogens (primary N) is 3. The van der Waals surface area contributed by atoms with Crippen LogP contribution < -0.4 is 34.4 Å². The summed E-state index contributed by atoms with van der Waals surface area (Å²) >= 11 is 0. The Balaban J connectivity index is -0.0000000142. The molecule has 0 unspecified atom stereocenters. The Morgan fingerprint density at radius 1 is 0.478 bits per heavy atom. The van der Waals surface area contributed by atoms with E-state index in [0.717, 1.165) is 19.6 Å². The smallest absolute Gasteiger partial charge is 0.512 e. The maximum Gasteiger partial charge on any atom is 2.00 e. The van der Waals surface area contributed by atoms with Gasteiger partial charge in [-0.2, -0.15) is 0 Å². The van der Waals surface area contributed by atoms with Gasteiger partial charge >= 0.3 is 17.1 Å². The summed E-state index contributed by atoms with van der Waals surface area (Å²) in [5.74, 6) is 0. The molecule has 12 heteroatoms. The van der Waals surface area contributed by atoms with E-state index in [1.807, 2.05) is 0 Å². The van der Waals surface area contributed by atoms with Crippen molar-refractivity contribution in [2.45, 2.75) is 0 Å². The van der Waals surface area contributed by atoms with Crippen molar-refractivity contribution in [1.29, 1.82) is 26.3 Å². The first-order valence-electron chi connectivity index (χ1n) is 5.34. The van der Waals surface area contributed by atoms with E-state index in [-0.39, 0.29) is 17.1 Å². The zero-order valence-electron chi connectivity index (χ0n) is 13.2. The van der Waals surface area contributed by atoms with Gasteiger partial charge in [0.25, 0.3) is 0 Å². The molecule has 0 heterocycles. The Morgan fingerprint density at radius 3 is 0.522 bits per heavy atom. The third-order valence-electron chi connectivity index (χ3n) is 0.612. The van der Waals surface area contributed by atoms with Gasteiger partial charge in [0.1, 0.15) is 0 Å². The summed E-state index contributed by atoms with van der Waals surface area (Å²) in [4.78, 5) is 0. The van der Waals surface area contributed by atoms with Crippen LogP contribution in [-0.4, -0.2) is 39.3 Å². The molecule has 0 fully saturated rings. The molecule has 0 amide bonds. The first-order valence-corrected chi connectivity index (χ1v) is 5.34. The minimum absolute atomic E-state index is 0. The molecule has 0 aliphatic rings. The maximum absolute atomic E-state index is 6.25. The Morgan fingerprint density at radius 2 is 0.522 bits per heavy atom. The van der Waals surface area contributed by atoms with Crippen LogP contribution in [-0.2, 0) is 17.1 Å². The van der Waals surface area contributed by atoms with E-state index in [2.05, 4.69) is 17.2 Å². The molecule has 0 radical (unpaired) electrons. The predicted octanol–water partition coefficient (Wildman–Crippen LogP) is -4.96. The minimum Gasteiger partial charge on any atom is -0.512 e. The first kappa shape index (κ1) is 58.6. The summed E-state index contributed by atoms with van der Waals surface area (Å²) in [6, 6.07) is 0. The molecule has 0 aromatic carbocycles. The van der Waals surface area contributed by atoms with Crippen LogP contribution in [0.2, 0.25) is 0 Å². The molecule has 0 saturated heterocycles. The summed E-state index contributed by atoms with van der Waals surface area (Å²) in [5.41, 5.74) is 25.3. The van der Waals surface area contributed by atoms with Gasteiger partial charge in [-0.25, -0.2) is 0 Å². The number of rotatable bonds is 3. The molecule has 0 aromatic heterocycles. The third kappa shape index (κ3) is 11700. The second-order valence-electron chi connectivity index (χ2n) is 1.93. The predicted molar refractivity (Wildman–Crippen MR) is 75.3 cm³/mol. The summed E-state index contributed by atoms with van der Waals surface area (Å²) in [6.45, 7) is 28.4. The molecule has 23 heavy (non-hydrogen) atoms. The fourth-order valence-corrected chi connectivity index (χ4v) is 0. The second-order valence-corrected chi connectivity index (χ2v) is 1.93. The van der Waals surface area contributed by atoms with Crippen LogP contribution in [0.1, 0.15) is 0 Å². The molecule has 0 aliphatic heterocycles. The molecule has 11 nitrogen and oxygen atoms in total. The molecule has 0 bridgehead atoms. The number of nitrogens with zero attached hydrogens (tertiary/aromatic N) is 5. The van der Waals surface area contributed by atoms with E-state index >= 15 is 0 Å². The van der Waals surface area contributed by atoms with E-state index in [9.17, 15) is 0 Å².